The second-order valence-electron chi connectivity index (χ2n) is 3.12. The van der Waals surface area contributed by atoms with Gasteiger partial charge in [-0.15, -0.1) is 0 Å². The number of hydrogen-bond donors (Lipinski definition) is 0. The van der Waals surface area contributed by atoms with E-state index in [0.29, 0.717) is 6.42 Å². The zero-order valence-electron chi connectivity index (χ0n) is 7.55. The van der Waals surface area contributed by atoms with Crippen LogP contribution in [0.2, 0.25) is 6.04 Å². The third-order valence-corrected chi connectivity index (χ3v) is 2.83. The van der Waals surface area contributed by atoms with E-state index >= 15 is 0 Å². The molecule has 0 saturated heterocycles. The number of hydrogen-bond acceptors (Lipinski definition) is 0. The SMILES string of the molecule is F[SiH](F)CCCCc1ccccc1. The number of benzene rings is 1. The van der Waals surface area contributed by atoms with Gasteiger partial charge in [-0.05, 0) is 24.4 Å². The second kappa shape index (κ2) is 5.86. The van der Waals surface area contributed by atoms with E-state index < -0.39 is 9.46 Å². The summed E-state index contributed by atoms with van der Waals surface area (Å²) in [6.45, 7) is 0. The highest BCUT2D eigenvalue weighted by molar-refractivity contribution is 6.42. The van der Waals surface area contributed by atoms with Gasteiger partial charge in [-0.25, -0.2) is 0 Å². The molecule has 0 bridgehead atoms. The van der Waals surface area contributed by atoms with Gasteiger partial charge in [-0.3, -0.25) is 8.22 Å². The predicted octanol–water partition coefficient (Wildman–Crippen LogP) is 3.17. The van der Waals surface area contributed by atoms with Crippen LogP contribution in [0.1, 0.15) is 18.4 Å². The van der Waals surface area contributed by atoms with Gasteiger partial charge in [0.25, 0.3) is 0 Å². The minimum atomic E-state index is -3.30. The van der Waals surface area contributed by atoms with Crippen LogP contribution >= 0.6 is 0 Å². The molecule has 0 spiro atoms. The molecule has 0 aliphatic heterocycles. The average molecular weight is 200 g/mol. The smallest absolute Gasteiger partial charge is 0.275 e. The summed E-state index contributed by atoms with van der Waals surface area (Å²) >= 11 is 0. The molecule has 0 aromatic heterocycles. The fraction of sp³-hybridized carbons (Fsp3) is 0.400. The molecule has 13 heavy (non-hydrogen) atoms. The molecule has 0 nitrogen and oxygen atoms in total. The van der Waals surface area contributed by atoms with E-state index in [1.165, 1.54) is 5.56 Å². The largest absolute Gasteiger partial charge is 0.411 e. The molecule has 0 aliphatic rings. The van der Waals surface area contributed by atoms with E-state index in [0.717, 1.165) is 12.8 Å². The minimum Gasteiger partial charge on any atom is -0.275 e. The van der Waals surface area contributed by atoms with Crippen molar-refractivity contribution in [3.05, 3.63) is 35.9 Å². The van der Waals surface area contributed by atoms with Crippen molar-refractivity contribution in [2.45, 2.75) is 25.3 Å². The van der Waals surface area contributed by atoms with E-state index in [-0.39, 0.29) is 6.04 Å². The summed E-state index contributed by atoms with van der Waals surface area (Å²) in [5.74, 6) is 0. The lowest BCUT2D eigenvalue weighted by molar-refractivity contribution is 0.633. The van der Waals surface area contributed by atoms with Gasteiger partial charge in [-0.2, -0.15) is 0 Å². The molecule has 1 aromatic carbocycles. The predicted molar refractivity (Wildman–Crippen MR) is 53.6 cm³/mol. The van der Waals surface area contributed by atoms with Gasteiger partial charge in [0.1, 0.15) is 0 Å². The first kappa shape index (κ1) is 10.4. The van der Waals surface area contributed by atoms with E-state index in [9.17, 15) is 8.22 Å². The summed E-state index contributed by atoms with van der Waals surface area (Å²) in [6, 6.07) is 10.2. The first-order chi connectivity index (χ1) is 6.29. The summed E-state index contributed by atoms with van der Waals surface area (Å²) in [5, 5.41) is 0. The summed E-state index contributed by atoms with van der Waals surface area (Å²) in [7, 11) is -3.30. The fourth-order valence-corrected chi connectivity index (χ4v) is 1.87. The van der Waals surface area contributed by atoms with Crippen LogP contribution in [0.5, 0.6) is 0 Å². The monoisotopic (exact) mass is 200 g/mol. The number of unbranched alkanes of at least 4 members (excludes halogenated alkanes) is 1. The second-order valence-corrected chi connectivity index (χ2v) is 4.48. The van der Waals surface area contributed by atoms with Crippen molar-refractivity contribution in [2.75, 3.05) is 0 Å². The Kier molecular flexibility index (Phi) is 4.68. The van der Waals surface area contributed by atoms with Gasteiger partial charge in [-0.1, -0.05) is 36.8 Å². The Morgan fingerprint density at radius 1 is 1.00 bits per heavy atom. The Morgan fingerprint density at radius 2 is 1.69 bits per heavy atom. The number of rotatable bonds is 5. The van der Waals surface area contributed by atoms with Crippen molar-refractivity contribution in [2.24, 2.45) is 0 Å². The van der Waals surface area contributed by atoms with Crippen molar-refractivity contribution < 1.29 is 8.22 Å². The Hall–Kier alpha value is -0.703. The van der Waals surface area contributed by atoms with E-state index in [4.69, 9.17) is 0 Å². The lowest BCUT2D eigenvalue weighted by Gasteiger charge is -1.99. The van der Waals surface area contributed by atoms with Crippen LogP contribution in [0.3, 0.4) is 0 Å². The number of aryl methyl sites for hydroxylation is 1. The molecular weight excluding hydrogens is 186 g/mol. The van der Waals surface area contributed by atoms with Crippen molar-refractivity contribution >= 4 is 9.46 Å². The maximum absolute atomic E-state index is 11.9. The molecule has 0 radical (unpaired) electrons. The average Bonchev–Trinajstić information content (AvgIpc) is 2.14. The molecule has 0 saturated carbocycles. The topological polar surface area (TPSA) is 0 Å². The van der Waals surface area contributed by atoms with Gasteiger partial charge < -0.3 is 0 Å². The Balaban J connectivity index is 2.13. The summed E-state index contributed by atoms with van der Waals surface area (Å²) in [6.07, 6.45) is 2.50. The highest BCUT2D eigenvalue weighted by Crippen LogP contribution is 2.08. The van der Waals surface area contributed by atoms with E-state index in [1.807, 2.05) is 30.3 Å². The Bertz CT molecular complexity index is 224. The first-order valence-electron chi connectivity index (χ1n) is 4.61. The van der Waals surface area contributed by atoms with Gasteiger partial charge >= 0.3 is 9.46 Å². The molecule has 1 aromatic rings. The van der Waals surface area contributed by atoms with Gasteiger partial charge in [0.05, 0.1) is 0 Å². The third kappa shape index (κ3) is 4.78. The van der Waals surface area contributed by atoms with Gasteiger partial charge in [0.15, 0.2) is 0 Å². The molecule has 0 fully saturated rings. The first-order valence-corrected chi connectivity index (χ1v) is 6.30. The van der Waals surface area contributed by atoms with E-state index in [2.05, 4.69) is 0 Å². The molecule has 0 heterocycles. The summed E-state index contributed by atoms with van der Waals surface area (Å²) in [5.41, 5.74) is 1.25. The molecule has 0 aliphatic carbocycles. The quantitative estimate of drug-likeness (QED) is 0.389. The molecule has 1 rings (SSSR count). The minimum absolute atomic E-state index is 0.173. The zero-order chi connectivity index (χ0) is 9.52. The molecular formula is C10H14F2Si. The van der Waals surface area contributed by atoms with Crippen LogP contribution in [0, 0.1) is 0 Å². The lowest BCUT2D eigenvalue weighted by Crippen LogP contribution is -1.95. The normalized spacial score (nSPS) is 10.7. The highest BCUT2D eigenvalue weighted by atomic mass is 28.4. The van der Waals surface area contributed by atoms with Crippen LogP contribution in [-0.2, 0) is 6.42 Å². The standard InChI is InChI=1S/C10H14F2Si/c11-13(12)9-5-4-8-10-6-2-1-3-7-10/h1-3,6-7,13H,4-5,8-9H2. The number of halogens is 2. The summed E-state index contributed by atoms with van der Waals surface area (Å²) in [4.78, 5) is 0. The van der Waals surface area contributed by atoms with Gasteiger partial charge in [0, 0.05) is 0 Å². The Morgan fingerprint density at radius 3 is 2.31 bits per heavy atom. The van der Waals surface area contributed by atoms with Crippen LogP contribution in [0.4, 0.5) is 8.22 Å². The maximum Gasteiger partial charge on any atom is 0.411 e. The van der Waals surface area contributed by atoms with Crippen LogP contribution in [-0.4, -0.2) is 9.46 Å². The fourth-order valence-electron chi connectivity index (χ4n) is 1.27. The van der Waals surface area contributed by atoms with Crippen molar-refractivity contribution in [3.8, 4) is 0 Å². The molecule has 0 amide bonds. The van der Waals surface area contributed by atoms with E-state index in [1.54, 1.807) is 0 Å². The molecule has 0 unspecified atom stereocenters. The van der Waals surface area contributed by atoms with Crippen LogP contribution < -0.4 is 0 Å². The summed E-state index contributed by atoms with van der Waals surface area (Å²) < 4.78 is 23.8. The van der Waals surface area contributed by atoms with Crippen molar-refractivity contribution in [3.63, 3.8) is 0 Å². The van der Waals surface area contributed by atoms with Crippen LogP contribution in [0.25, 0.3) is 0 Å². The van der Waals surface area contributed by atoms with Crippen molar-refractivity contribution in [1.82, 2.24) is 0 Å². The van der Waals surface area contributed by atoms with Crippen molar-refractivity contribution in [1.29, 1.82) is 0 Å². The molecule has 0 atom stereocenters. The molecule has 0 N–H and O–H groups in total. The third-order valence-electron chi connectivity index (χ3n) is 1.98. The van der Waals surface area contributed by atoms with Gasteiger partial charge in [0.2, 0.25) is 0 Å². The highest BCUT2D eigenvalue weighted by Gasteiger charge is 2.05. The maximum atomic E-state index is 11.9. The Labute approximate surface area is 79.5 Å². The zero-order valence-corrected chi connectivity index (χ0v) is 8.70. The molecule has 3 heteroatoms. The van der Waals surface area contributed by atoms with Crippen LogP contribution in [0.15, 0.2) is 30.3 Å². The lowest BCUT2D eigenvalue weighted by atomic mass is 10.1. The molecule has 72 valence electrons.